The molecule has 0 N–H and O–H groups in total. The van der Waals surface area contributed by atoms with Crippen molar-refractivity contribution in [1.29, 1.82) is 0 Å². The third-order valence-corrected chi connectivity index (χ3v) is 30.4. The van der Waals surface area contributed by atoms with Gasteiger partial charge < -0.3 is 77.7 Å². The molecule has 0 radical (unpaired) electrons. The SMILES string of the molecule is CC(=O)N1CC2(CCN(c3cc(C)ccc3CN3CCN(C(=O)OC(C)C(F)(F)F)CC3)C2)C1.CC(=O)N1CCC2(CCN(c3cc(Cl)ccc3CN3CCN(C(=O)OC(C)C(F)(F)F)CC3)CC2)C1.CC(OC(=O)N1CCN(Cc2ccc(C(F)(F)F)cc2N2CCC3(CN(C)C3)C2)CC1)C(F)(F)F.CC(OC(=O)N1CCN(Cc2ccc(Cl)cc2N2CCC3(CCN(C)C3)CC2)CC1)C(F)(F)F. The lowest BCUT2D eigenvalue weighted by molar-refractivity contribution is -0.200. The molecule has 4 spiro atoms. The number of piperazine rings is 4. The third-order valence-electron chi connectivity index (χ3n) is 29.9. The fourth-order valence-electron chi connectivity index (χ4n) is 21.2. The maximum atomic E-state index is 13.5. The number of alkyl halides is 15. The number of anilines is 4. The Morgan fingerprint density at radius 2 is 0.583 bits per heavy atom. The van der Waals surface area contributed by atoms with E-state index in [0.29, 0.717) is 152 Å². The standard InChI is InChI=1S/C25H34ClF3N4O3.C24H34ClF3N4O2.C24H33F3N4O3.C23H30F6N4O2/c1-18(25(27,28)29)36-23(35)32-13-11-30(12-14-32)16-20-3-4-21(26)15-22(20)31-8-5-24(6-9-31)7-10-33(17-24)19(2)34;1-18(24(26,27)28)34-22(33)32-13-11-30(12-14-32)16-19-3-4-20(25)15-21(19)31-9-6-23(7-10-31)5-8-29(2)17-23;1-17-4-5-20(21(12-17)30-7-6-23(14-30)15-31(16-23)19(3)32)13-28-8-10-29(11-9-28)22(33)34-18(2)24(25,26)27;1-16(22(24,25)26)35-20(34)32-9-7-31(8-10-32)12-17-3-4-18(23(27,28)29)11-19(17)33-6-5-21(15-33)13-30(2)14-21/h3-4,15,18H,5-14,16-17H2,1-2H3;3-4,15,18H,5-14,16-17H2,1-2H3;4-5,12,18H,6-11,13-16H2,1-3H3;3-4,11,16H,5-10,12-15H2,1-2H3. The van der Waals surface area contributed by atoms with E-state index >= 15 is 0 Å². The number of rotatable bonds is 16. The van der Waals surface area contributed by atoms with Gasteiger partial charge in [0.25, 0.3) is 0 Å². The third kappa shape index (κ3) is 28.1. The minimum absolute atomic E-state index is 0.125. The van der Waals surface area contributed by atoms with Crippen molar-refractivity contribution < 1.29 is 114 Å². The molecule has 0 saturated carbocycles. The van der Waals surface area contributed by atoms with Crippen LogP contribution < -0.4 is 19.6 Å². The summed E-state index contributed by atoms with van der Waals surface area (Å²) in [6, 6.07) is 22.2. The Morgan fingerprint density at radius 3 is 0.892 bits per heavy atom. The summed E-state index contributed by atoms with van der Waals surface area (Å²) in [5, 5.41) is 1.38. The Kier molecular flexibility index (Phi) is 34.3. The number of nitrogens with zero attached hydrogens (tertiary/aromatic N) is 16. The zero-order valence-electron chi connectivity index (χ0n) is 80.5. The topological polar surface area (TPSA) is 191 Å². The fraction of sp³-hybridized carbons (Fsp3) is 0.688. The van der Waals surface area contributed by atoms with Crippen LogP contribution in [0.4, 0.5) is 108 Å². The predicted molar refractivity (Wildman–Crippen MR) is 496 cm³/mol. The van der Waals surface area contributed by atoms with Crippen molar-refractivity contribution in [2.75, 3.05) is 243 Å². The molecule has 0 aromatic heterocycles. The Hall–Kier alpha value is -8.61. The molecule has 12 aliphatic rings. The van der Waals surface area contributed by atoms with Crippen LogP contribution in [0.25, 0.3) is 0 Å². The highest BCUT2D eigenvalue weighted by Gasteiger charge is 2.52. The average molecular weight is 2030 g/mol. The molecule has 4 aromatic carbocycles. The molecule has 43 heteroatoms. The molecule has 4 aromatic rings. The van der Waals surface area contributed by atoms with Gasteiger partial charge in [0.05, 0.1) is 5.56 Å². The molecule has 4 atom stereocenters. The Balaban J connectivity index is 0.000000156. The number of hydrogen-bond donors (Lipinski definition) is 0. The van der Waals surface area contributed by atoms with E-state index in [-0.39, 0.29) is 41.1 Å². The second kappa shape index (κ2) is 44.3. The van der Waals surface area contributed by atoms with Gasteiger partial charge in [0.1, 0.15) is 0 Å². The minimum atomic E-state index is -4.63. The highest BCUT2D eigenvalue weighted by atomic mass is 35.5. The van der Waals surface area contributed by atoms with Crippen LogP contribution in [-0.2, 0) is 60.9 Å². The van der Waals surface area contributed by atoms with Crippen LogP contribution in [0.5, 0.6) is 0 Å². The van der Waals surface area contributed by atoms with Gasteiger partial charge in [0.2, 0.25) is 11.8 Å². The number of hydrogen-bond acceptors (Lipinski definition) is 20. The van der Waals surface area contributed by atoms with Crippen molar-refractivity contribution in [2.45, 2.75) is 181 Å². The van der Waals surface area contributed by atoms with Gasteiger partial charge in [-0.3, -0.25) is 29.2 Å². The number of likely N-dealkylation sites (tertiary alicyclic amines) is 4. The van der Waals surface area contributed by atoms with Crippen molar-refractivity contribution in [1.82, 2.24) is 58.8 Å². The van der Waals surface area contributed by atoms with E-state index in [4.69, 9.17) is 23.2 Å². The molecule has 4 unspecified atom stereocenters. The lowest BCUT2D eigenvalue weighted by Crippen LogP contribution is -2.59. The highest BCUT2D eigenvalue weighted by Crippen LogP contribution is 2.48. The lowest BCUT2D eigenvalue weighted by Gasteiger charge is -2.47. The molecule has 12 heterocycles. The molecule has 12 fully saturated rings. The maximum absolute atomic E-state index is 13.5. The first-order chi connectivity index (χ1) is 65.2. The van der Waals surface area contributed by atoms with Crippen LogP contribution in [0.3, 0.4) is 0 Å². The summed E-state index contributed by atoms with van der Waals surface area (Å²) in [6.07, 6.45) is -26.3. The van der Waals surface area contributed by atoms with E-state index in [1.807, 2.05) is 57.0 Å². The summed E-state index contributed by atoms with van der Waals surface area (Å²) in [5.74, 6) is 0.283. The van der Waals surface area contributed by atoms with Gasteiger partial charge in [-0.15, -0.1) is 0 Å². The van der Waals surface area contributed by atoms with Gasteiger partial charge >= 0.3 is 55.3 Å². The van der Waals surface area contributed by atoms with Crippen molar-refractivity contribution in [3.63, 3.8) is 0 Å². The van der Waals surface area contributed by atoms with Gasteiger partial charge in [0, 0.05) is 287 Å². The van der Waals surface area contributed by atoms with E-state index in [1.54, 1.807) is 13.8 Å². The Labute approximate surface area is 812 Å². The zero-order valence-corrected chi connectivity index (χ0v) is 82.0. The molecule has 12 saturated heterocycles. The van der Waals surface area contributed by atoms with Gasteiger partial charge in [0.15, 0.2) is 24.4 Å². The maximum Gasteiger partial charge on any atom is 0.425 e. The summed E-state index contributed by atoms with van der Waals surface area (Å²) in [7, 11) is 4.23. The fourth-order valence-corrected chi connectivity index (χ4v) is 21.5. The Bertz CT molecular complexity index is 4870. The quantitative estimate of drug-likeness (QED) is 0.0759. The number of amides is 6. The average Bonchev–Trinajstić information content (AvgIpc) is 1.62. The number of ether oxygens (including phenoxy) is 4. The van der Waals surface area contributed by atoms with Crippen LogP contribution in [0.15, 0.2) is 72.8 Å². The minimum Gasteiger partial charge on any atom is -0.437 e. The second-order valence-corrected chi connectivity index (χ2v) is 41.3. The Morgan fingerprint density at radius 1 is 0.309 bits per heavy atom. The number of piperidine rings is 2. The van der Waals surface area contributed by atoms with Crippen LogP contribution in [0.1, 0.15) is 126 Å². The molecular formula is C96H131Cl2F15N16O10. The number of carbonyl (C=O) groups excluding carboxylic acids is 6. The first kappa shape index (κ1) is 108. The smallest absolute Gasteiger partial charge is 0.425 e. The van der Waals surface area contributed by atoms with Gasteiger partial charge in [-0.1, -0.05) is 53.5 Å². The number of aryl methyl sites for hydroxylation is 1. The van der Waals surface area contributed by atoms with Crippen LogP contribution in [0.2, 0.25) is 10.0 Å². The number of benzene rings is 4. The van der Waals surface area contributed by atoms with Crippen molar-refractivity contribution in [3.8, 4) is 0 Å². The van der Waals surface area contributed by atoms with E-state index in [1.165, 1.54) is 86.5 Å². The van der Waals surface area contributed by atoms with E-state index in [0.717, 1.165) is 167 Å². The van der Waals surface area contributed by atoms with Gasteiger partial charge in [-0.25, -0.2) is 19.2 Å². The molecular weight excluding hydrogens is 1890 g/mol. The normalized spacial score (nSPS) is 22.1. The second-order valence-electron chi connectivity index (χ2n) is 40.4. The highest BCUT2D eigenvalue weighted by molar-refractivity contribution is 6.31. The van der Waals surface area contributed by atoms with E-state index < -0.39 is 85.2 Å². The molecule has 6 amide bonds. The molecule has 16 rings (SSSR count). The lowest BCUT2D eigenvalue weighted by atomic mass is 9.77. The molecule has 0 aliphatic carbocycles. The van der Waals surface area contributed by atoms with Crippen LogP contribution in [0, 0.1) is 28.6 Å². The summed E-state index contributed by atoms with van der Waals surface area (Å²) >= 11 is 12.7. The number of carbonyl (C=O) groups is 6. The van der Waals surface area contributed by atoms with Gasteiger partial charge in [-0.2, -0.15) is 65.9 Å². The first-order valence-corrected chi connectivity index (χ1v) is 48.7. The first-order valence-electron chi connectivity index (χ1n) is 47.9. The summed E-state index contributed by atoms with van der Waals surface area (Å²) in [6.45, 7) is 32.2. The largest absolute Gasteiger partial charge is 0.437 e. The van der Waals surface area contributed by atoms with Crippen LogP contribution in [-0.4, -0.2) is 368 Å². The molecule has 26 nitrogen and oxygen atoms in total. The molecule has 12 aliphatic heterocycles. The van der Waals surface area contributed by atoms with Crippen molar-refractivity contribution >= 4 is 82.1 Å². The molecule has 774 valence electrons. The van der Waals surface area contributed by atoms with Crippen LogP contribution >= 0.6 is 23.2 Å². The predicted octanol–water partition coefficient (Wildman–Crippen LogP) is 16.2. The number of halogens is 17. The molecule has 0 bridgehead atoms. The molecule has 139 heavy (non-hydrogen) atoms. The van der Waals surface area contributed by atoms with E-state index in [2.05, 4.69) is 96.4 Å². The zero-order chi connectivity index (χ0) is 101. The van der Waals surface area contributed by atoms with Crippen molar-refractivity contribution in [2.24, 2.45) is 21.7 Å². The monoisotopic (exact) mass is 2020 g/mol. The summed E-state index contributed by atoms with van der Waals surface area (Å²) < 4.78 is 211. The van der Waals surface area contributed by atoms with E-state index in [9.17, 15) is 94.6 Å². The van der Waals surface area contributed by atoms with Gasteiger partial charge in [-0.05, 0) is 188 Å². The van der Waals surface area contributed by atoms with Crippen molar-refractivity contribution in [3.05, 3.63) is 116 Å². The summed E-state index contributed by atoms with van der Waals surface area (Å²) in [4.78, 5) is 103. The summed E-state index contributed by atoms with van der Waals surface area (Å²) in [5.41, 5.74) is 9.79.